The van der Waals surface area contributed by atoms with Crippen LogP contribution in [0.3, 0.4) is 0 Å². The maximum Gasteiger partial charge on any atom is 0.233 e. The first-order valence-electron chi connectivity index (χ1n) is 8.89. The molecule has 1 amide bonds. The zero-order chi connectivity index (χ0) is 17.3. The second-order valence-corrected chi connectivity index (χ2v) is 6.94. The molecule has 0 unspecified atom stereocenters. The normalized spacial score (nSPS) is 17.5. The minimum atomic E-state index is -0.343. The van der Waals surface area contributed by atoms with Crippen molar-refractivity contribution in [3.63, 3.8) is 0 Å². The maximum absolute atomic E-state index is 13.2. The number of hydrogen-bond acceptors (Lipinski definition) is 3. The first-order valence-corrected chi connectivity index (χ1v) is 8.89. The van der Waals surface area contributed by atoms with Crippen LogP contribution >= 0.6 is 0 Å². The van der Waals surface area contributed by atoms with Gasteiger partial charge in [-0.05, 0) is 36.1 Å². The fourth-order valence-electron chi connectivity index (χ4n) is 3.81. The Morgan fingerprint density at radius 1 is 1.04 bits per heavy atom. The summed E-state index contributed by atoms with van der Waals surface area (Å²) in [6.07, 6.45) is 2.97. The van der Waals surface area contributed by atoms with E-state index in [1.807, 2.05) is 48.3 Å². The van der Waals surface area contributed by atoms with Crippen LogP contribution < -0.4 is 9.47 Å². The average Bonchev–Trinajstić information content (AvgIpc) is 2.61. The molecule has 1 saturated carbocycles. The topological polar surface area (TPSA) is 38.8 Å². The molecule has 4 nitrogen and oxygen atoms in total. The smallest absolute Gasteiger partial charge is 0.233 e. The predicted octanol–water partition coefficient (Wildman–Crippen LogP) is 3.54. The van der Waals surface area contributed by atoms with Gasteiger partial charge in [0.25, 0.3) is 0 Å². The Balaban J connectivity index is 1.52. The van der Waals surface area contributed by atoms with Crippen molar-refractivity contribution in [3.8, 4) is 11.5 Å². The van der Waals surface area contributed by atoms with Crippen LogP contribution in [0.4, 0.5) is 0 Å². The molecule has 0 spiro atoms. The Morgan fingerprint density at radius 2 is 1.76 bits per heavy atom. The van der Waals surface area contributed by atoms with E-state index in [0.717, 1.165) is 41.9 Å². The first kappa shape index (κ1) is 16.0. The van der Waals surface area contributed by atoms with Gasteiger partial charge in [-0.1, -0.05) is 42.8 Å². The molecule has 2 aromatic carbocycles. The molecule has 0 aromatic heterocycles. The quantitative estimate of drug-likeness (QED) is 0.856. The highest BCUT2D eigenvalue weighted by atomic mass is 16.6. The summed E-state index contributed by atoms with van der Waals surface area (Å²) in [5.74, 6) is 1.76. The number of carbonyl (C=O) groups excluding carboxylic acids is 1. The lowest BCUT2D eigenvalue weighted by molar-refractivity contribution is -0.140. The molecule has 1 fully saturated rings. The zero-order valence-electron chi connectivity index (χ0n) is 14.5. The second-order valence-electron chi connectivity index (χ2n) is 6.94. The van der Waals surface area contributed by atoms with E-state index in [2.05, 4.69) is 12.1 Å². The second kappa shape index (κ2) is 6.43. The predicted molar refractivity (Wildman–Crippen MR) is 95.9 cm³/mol. The Morgan fingerprint density at radius 3 is 2.44 bits per heavy atom. The summed E-state index contributed by atoms with van der Waals surface area (Å²) in [5, 5.41) is 0. The number of amides is 1. The van der Waals surface area contributed by atoms with Gasteiger partial charge in [-0.3, -0.25) is 4.79 Å². The van der Waals surface area contributed by atoms with Gasteiger partial charge in [0.15, 0.2) is 11.5 Å². The molecule has 25 heavy (non-hydrogen) atoms. The third-order valence-corrected chi connectivity index (χ3v) is 5.32. The Hall–Kier alpha value is -2.49. The Labute approximate surface area is 148 Å². The summed E-state index contributed by atoms with van der Waals surface area (Å²) >= 11 is 0. The van der Waals surface area contributed by atoms with E-state index in [0.29, 0.717) is 19.8 Å². The summed E-state index contributed by atoms with van der Waals surface area (Å²) in [7, 11) is 1.89. The zero-order valence-corrected chi connectivity index (χ0v) is 14.5. The van der Waals surface area contributed by atoms with Gasteiger partial charge in [0.1, 0.15) is 13.2 Å². The lowest BCUT2D eigenvalue weighted by Crippen LogP contribution is -2.49. The largest absolute Gasteiger partial charge is 0.486 e. The molecule has 130 valence electrons. The van der Waals surface area contributed by atoms with Crippen LogP contribution in [0.25, 0.3) is 0 Å². The molecule has 0 bridgehead atoms. The fraction of sp³-hybridized carbons (Fsp3) is 0.381. The number of likely N-dealkylation sites (N-methyl/N-ethyl adjacent to an activating group) is 1. The van der Waals surface area contributed by atoms with Crippen LogP contribution in [0, 0.1) is 0 Å². The summed E-state index contributed by atoms with van der Waals surface area (Å²) in [5.41, 5.74) is 1.85. The third-order valence-electron chi connectivity index (χ3n) is 5.32. The van der Waals surface area contributed by atoms with Gasteiger partial charge in [-0.2, -0.15) is 0 Å². The summed E-state index contributed by atoms with van der Waals surface area (Å²) in [4.78, 5) is 15.1. The molecule has 0 saturated heterocycles. The molecule has 2 aromatic rings. The van der Waals surface area contributed by atoms with Gasteiger partial charge >= 0.3 is 0 Å². The minimum absolute atomic E-state index is 0.208. The third kappa shape index (κ3) is 2.86. The maximum atomic E-state index is 13.2. The van der Waals surface area contributed by atoms with Crippen molar-refractivity contribution >= 4 is 5.91 Å². The van der Waals surface area contributed by atoms with Gasteiger partial charge in [-0.15, -0.1) is 0 Å². The number of hydrogen-bond donors (Lipinski definition) is 0. The van der Waals surface area contributed by atoms with Crippen molar-refractivity contribution in [3.05, 3.63) is 59.7 Å². The van der Waals surface area contributed by atoms with Crippen LogP contribution in [-0.4, -0.2) is 31.1 Å². The molecule has 4 heteroatoms. The molecule has 1 aliphatic carbocycles. The van der Waals surface area contributed by atoms with E-state index in [-0.39, 0.29) is 11.3 Å². The number of ether oxygens (including phenoxy) is 2. The van der Waals surface area contributed by atoms with E-state index in [4.69, 9.17) is 9.47 Å². The van der Waals surface area contributed by atoms with E-state index in [1.54, 1.807) is 0 Å². The van der Waals surface area contributed by atoms with E-state index in [9.17, 15) is 4.79 Å². The molecular weight excluding hydrogens is 314 g/mol. The Bertz CT molecular complexity index is 768. The van der Waals surface area contributed by atoms with Crippen LogP contribution in [0.5, 0.6) is 11.5 Å². The lowest BCUT2D eigenvalue weighted by Gasteiger charge is -2.43. The summed E-state index contributed by atoms with van der Waals surface area (Å²) in [6.45, 7) is 1.73. The molecule has 1 heterocycles. The molecular formula is C21H23NO3. The van der Waals surface area contributed by atoms with Crippen molar-refractivity contribution in [2.75, 3.05) is 20.3 Å². The lowest BCUT2D eigenvalue weighted by atomic mass is 9.63. The van der Waals surface area contributed by atoms with Crippen LogP contribution in [0.1, 0.15) is 30.4 Å². The standard InChI is InChI=1S/C21H23NO3/c1-22(15-16-8-9-18-19(14-16)25-13-12-24-18)20(23)21(10-5-11-21)17-6-3-2-4-7-17/h2-4,6-9,14H,5,10-13,15H2,1H3. The van der Waals surface area contributed by atoms with Crippen molar-refractivity contribution in [1.82, 2.24) is 4.90 Å². The van der Waals surface area contributed by atoms with Gasteiger partial charge in [0.2, 0.25) is 5.91 Å². The van der Waals surface area contributed by atoms with Gasteiger partial charge in [-0.25, -0.2) is 0 Å². The van der Waals surface area contributed by atoms with Crippen LogP contribution in [0.15, 0.2) is 48.5 Å². The van der Waals surface area contributed by atoms with Gasteiger partial charge in [0.05, 0.1) is 5.41 Å². The summed E-state index contributed by atoms with van der Waals surface area (Å²) < 4.78 is 11.2. The highest BCUT2D eigenvalue weighted by Gasteiger charge is 2.46. The molecule has 0 N–H and O–H groups in total. The highest BCUT2D eigenvalue weighted by molar-refractivity contribution is 5.89. The monoisotopic (exact) mass is 337 g/mol. The molecule has 0 atom stereocenters. The first-order chi connectivity index (χ1) is 12.2. The van der Waals surface area contributed by atoms with Crippen molar-refractivity contribution < 1.29 is 14.3 Å². The molecule has 4 rings (SSSR count). The highest BCUT2D eigenvalue weighted by Crippen LogP contribution is 2.45. The molecule has 0 radical (unpaired) electrons. The number of nitrogens with zero attached hydrogens (tertiary/aromatic N) is 1. The van der Waals surface area contributed by atoms with E-state index >= 15 is 0 Å². The van der Waals surface area contributed by atoms with E-state index in [1.165, 1.54) is 0 Å². The number of benzene rings is 2. The SMILES string of the molecule is CN(Cc1ccc2c(c1)OCCO2)C(=O)C1(c2ccccc2)CCC1. The van der Waals surface area contributed by atoms with Gasteiger partial charge < -0.3 is 14.4 Å². The van der Waals surface area contributed by atoms with Crippen molar-refractivity contribution in [2.45, 2.75) is 31.2 Å². The minimum Gasteiger partial charge on any atom is -0.486 e. The summed E-state index contributed by atoms with van der Waals surface area (Å²) in [6, 6.07) is 16.1. The fourth-order valence-corrected chi connectivity index (χ4v) is 3.81. The molecule has 2 aliphatic rings. The number of fused-ring (bicyclic) bond motifs is 1. The number of rotatable bonds is 4. The molecule has 1 aliphatic heterocycles. The van der Waals surface area contributed by atoms with Crippen LogP contribution in [-0.2, 0) is 16.8 Å². The number of carbonyl (C=O) groups is 1. The van der Waals surface area contributed by atoms with E-state index < -0.39 is 0 Å². The van der Waals surface area contributed by atoms with Crippen molar-refractivity contribution in [1.29, 1.82) is 0 Å². The van der Waals surface area contributed by atoms with Gasteiger partial charge in [0, 0.05) is 13.6 Å². The van der Waals surface area contributed by atoms with Crippen molar-refractivity contribution in [2.24, 2.45) is 0 Å². The Kier molecular flexibility index (Phi) is 4.12. The average molecular weight is 337 g/mol. The van der Waals surface area contributed by atoms with Crippen LogP contribution in [0.2, 0.25) is 0 Å².